The van der Waals surface area contributed by atoms with Crippen molar-refractivity contribution in [1.29, 1.82) is 0 Å². The van der Waals surface area contributed by atoms with Gasteiger partial charge in [-0.25, -0.2) is 4.98 Å². The van der Waals surface area contributed by atoms with Gasteiger partial charge in [0.1, 0.15) is 5.82 Å². The molecule has 0 unspecified atom stereocenters. The number of carbonyl (C=O) groups is 1. The SMILES string of the molecule is COc1cc2nc(N3CCCC3)nc(NCC(=O)NCCN3CCNCC3)c2cc1OC. The Morgan fingerprint density at radius 3 is 2.50 bits per heavy atom. The van der Waals surface area contributed by atoms with Crippen LogP contribution >= 0.6 is 0 Å². The molecule has 1 amide bonds. The van der Waals surface area contributed by atoms with E-state index in [0.717, 1.165) is 69.6 Å². The van der Waals surface area contributed by atoms with Gasteiger partial charge in [-0.3, -0.25) is 9.69 Å². The molecule has 3 heterocycles. The molecule has 0 radical (unpaired) electrons. The highest BCUT2D eigenvalue weighted by Crippen LogP contribution is 2.35. The van der Waals surface area contributed by atoms with Gasteiger partial charge < -0.3 is 30.3 Å². The highest BCUT2D eigenvalue weighted by molar-refractivity contribution is 5.94. The largest absolute Gasteiger partial charge is 0.493 e. The van der Waals surface area contributed by atoms with E-state index in [9.17, 15) is 4.79 Å². The van der Waals surface area contributed by atoms with Gasteiger partial charge in [0.25, 0.3) is 0 Å². The highest BCUT2D eigenvalue weighted by Gasteiger charge is 2.19. The average molecular weight is 444 g/mol. The number of nitrogens with zero attached hydrogens (tertiary/aromatic N) is 4. The summed E-state index contributed by atoms with van der Waals surface area (Å²) < 4.78 is 10.9. The Morgan fingerprint density at radius 1 is 1.06 bits per heavy atom. The molecule has 4 rings (SSSR count). The van der Waals surface area contributed by atoms with Gasteiger partial charge in [-0.1, -0.05) is 0 Å². The molecule has 0 bridgehead atoms. The first-order valence-corrected chi connectivity index (χ1v) is 11.3. The number of hydrogen-bond donors (Lipinski definition) is 3. The average Bonchev–Trinajstić information content (AvgIpc) is 3.37. The first-order valence-electron chi connectivity index (χ1n) is 11.3. The van der Waals surface area contributed by atoms with Gasteiger partial charge in [-0.2, -0.15) is 4.98 Å². The van der Waals surface area contributed by atoms with E-state index < -0.39 is 0 Å². The summed E-state index contributed by atoms with van der Waals surface area (Å²) >= 11 is 0. The van der Waals surface area contributed by atoms with Crippen molar-refractivity contribution in [3.05, 3.63) is 12.1 Å². The summed E-state index contributed by atoms with van der Waals surface area (Å²) in [7, 11) is 3.21. The monoisotopic (exact) mass is 443 g/mol. The lowest BCUT2D eigenvalue weighted by molar-refractivity contribution is -0.119. The van der Waals surface area contributed by atoms with Crippen molar-refractivity contribution in [2.75, 3.05) is 83.3 Å². The van der Waals surface area contributed by atoms with Crippen LogP contribution in [0.3, 0.4) is 0 Å². The fraction of sp³-hybridized carbons (Fsp3) is 0.591. The zero-order valence-electron chi connectivity index (χ0n) is 18.9. The second-order valence-corrected chi connectivity index (χ2v) is 8.09. The molecule has 32 heavy (non-hydrogen) atoms. The Balaban J connectivity index is 1.47. The zero-order valence-corrected chi connectivity index (χ0v) is 18.9. The lowest BCUT2D eigenvalue weighted by Crippen LogP contribution is -2.46. The topological polar surface area (TPSA) is 104 Å². The van der Waals surface area contributed by atoms with E-state index in [1.54, 1.807) is 14.2 Å². The van der Waals surface area contributed by atoms with E-state index in [1.807, 2.05) is 12.1 Å². The summed E-state index contributed by atoms with van der Waals surface area (Å²) in [5, 5.41) is 10.3. The van der Waals surface area contributed by atoms with E-state index in [4.69, 9.17) is 19.4 Å². The van der Waals surface area contributed by atoms with Crippen molar-refractivity contribution in [2.45, 2.75) is 12.8 Å². The lowest BCUT2D eigenvalue weighted by atomic mass is 10.2. The maximum Gasteiger partial charge on any atom is 0.239 e. The number of nitrogens with one attached hydrogen (secondary N) is 3. The number of piperazine rings is 1. The molecule has 0 saturated carbocycles. The molecule has 10 heteroatoms. The molecular weight excluding hydrogens is 410 g/mol. The van der Waals surface area contributed by atoms with Crippen molar-refractivity contribution in [1.82, 2.24) is 25.5 Å². The van der Waals surface area contributed by atoms with Crippen LogP contribution in [0.4, 0.5) is 11.8 Å². The second-order valence-electron chi connectivity index (χ2n) is 8.09. The first-order chi connectivity index (χ1) is 15.7. The van der Waals surface area contributed by atoms with Crippen molar-refractivity contribution in [2.24, 2.45) is 0 Å². The normalized spacial score (nSPS) is 16.9. The zero-order chi connectivity index (χ0) is 22.3. The summed E-state index contributed by atoms with van der Waals surface area (Å²) in [5.74, 6) is 2.44. The molecule has 0 spiro atoms. The van der Waals surface area contributed by atoms with Gasteiger partial charge >= 0.3 is 0 Å². The van der Waals surface area contributed by atoms with Crippen molar-refractivity contribution in [3.8, 4) is 11.5 Å². The van der Waals surface area contributed by atoms with Crippen LogP contribution in [-0.4, -0.2) is 93.9 Å². The van der Waals surface area contributed by atoms with Crippen LogP contribution < -0.4 is 30.3 Å². The van der Waals surface area contributed by atoms with Crippen molar-refractivity contribution >= 4 is 28.6 Å². The minimum Gasteiger partial charge on any atom is -0.493 e. The van der Waals surface area contributed by atoms with Gasteiger partial charge in [0.05, 0.1) is 26.3 Å². The summed E-state index contributed by atoms with van der Waals surface area (Å²) in [4.78, 5) is 26.5. The van der Waals surface area contributed by atoms with Crippen molar-refractivity contribution in [3.63, 3.8) is 0 Å². The van der Waals surface area contributed by atoms with Gasteiger partial charge in [0.15, 0.2) is 11.5 Å². The third-order valence-corrected chi connectivity index (χ3v) is 5.95. The predicted octanol–water partition coefficient (Wildman–Crippen LogP) is 0.681. The molecule has 3 N–H and O–H groups in total. The second kappa shape index (κ2) is 10.6. The fourth-order valence-corrected chi connectivity index (χ4v) is 4.15. The van der Waals surface area contributed by atoms with E-state index in [1.165, 1.54) is 0 Å². The summed E-state index contributed by atoms with van der Waals surface area (Å²) in [6, 6.07) is 3.71. The molecule has 0 atom stereocenters. The number of anilines is 2. The molecule has 2 saturated heterocycles. The fourth-order valence-electron chi connectivity index (χ4n) is 4.15. The molecular formula is C22H33N7O3. The van der Waals surface area contributed by atoms with Crippen LogP contribution in [0.5, 0.6) is 11.5 Å². The van der Waals surface area contributed by atoms with E-state index in [-0.39, 0.29) is 12.5 Å². The van der Waals surface area contributed by atoms with Crippen LogP contribution in [0, 0.1) is 0 Å². The molecule has 2 fully saturated rings. The van der Waals surface area contributed by atoms with E-state index in [0.29, 0.717) is 29.8 Å². The van der Waals surface area contributed by atoms with Crippen LogP contribution in [-0.2, 0) is 4.79 Å². The molecule has 2 aromatic rings. The van der Waals surface area contributed by atoms with Crippen LogP contribution in [0.25, 0.3) is 10.9 Å². The first kappa shape index (κ1) is 22.3. The summed E-state index contributed by atoms with van der Waals surface area (Å²) in [6.07, 6.45) is 2.26. The third kappa shape index (κ3) is 5.31. The number of aromatic nitrogens is 2. The predicted molar refractivity (Wildman–Crippen MR) is 125 cm³/mol. The van der Waals surface area contributed by atoms with Crippen LogP contribution in [0.15, 0.2) is 12.1 Å². The highest BCUT2D eigenvalue weighted by atomic mass is 16.5. The number of benzene rings is 1. The van der Waals surface area contributed by atoms with Gasteiger partial charge in [0, 0.05) is 63.8 Å². The number of ether oxygens (including phenoxy) is 2. The molecule has 1 aromatic heterocycles. The molecule has 0 aliphatic carbocycles. The maximum atomic E-state index is 12.5. The number of rotatable bonds is 9. The number of methoxy groups -OCH3 is 2. The number of hydrogen-bond acceptors (Lipinski definition) is 9. The molecule has 2 aliphatic heterocycles. The molecule has 174 valence electrons. The van der Waals surface area contributed by atoms with Crippen LogP contribution in [0.2, 0.25) is 0 Å². The Morgan fingerprint density at radius 2 is 1.78 bits per heavy atom. The third-order valence-electron chi connectivity index (χ3n) is 5.95. The smallest absolute Gasteiger partial charge is 0.239 e. The minimum atomic E-state index is -0.0601. The van der Waals surface area contributed by atoms with Crippen molar-refractivity contribution < 1.29 is 14.3 Å². The van der Waals surface area contributed by atoms with Gasteiger partial charge in [-0.05, 0) is 18.9 Å². The Bertz CT molecular complexity index is 927. The molecule has 10 nitrogen and oxygen atoms in total. The lowest BCUT2D eigenvalue weighted by Gasteiger charge is -2.27. The Hall–Kier alpha value is -2.85. The molecule has 2 aliphatic rings. The Labute approximate surface area is 188 Å². The number of fused-ring (bicyclic) bond motifs is 1. The number of amides is 1. The molecule has 1 aromatic carbocycles. The van der Waals surface area contributed by atoms with E-state index >= 15 is 0 Å². The summed E-state index contributed by atoms with van der Waals surface area (Å²) in [5.41, 5.74) is 0.751. The number of carbonyl (C=O) groups excluding carboxylic acids is 1. The summed E-state index contributed by atoms with van der Waals surface area (Å²) in [6.45, 7) is 7.55. The van der Waals surface area contributed by atoms with Crippen LogP contribution in [0.1, 0.15) is 12.8 Å². The maximum absolute atomic E-state index is 12.5. The minimum absolute atomic E-state index is 0.0601. The Kier molecular flexibility index (Phi) is 7.43. The van der Waals surface area contributed by atoms with E-state index in [2.05, 4.69) is 25.8 Å². The quantitative estimate of drug-likeness (QED) is 0.516. The van der Waals surface area contributed by atoms with Gasteiger partial charge in [0.2, 0.25) is 11.9 Å². The standard InChI is InChI=1S/C22H33N7O3/c1-31-18-13-16-17(14-19(18)32-2)26-22(29-8-3-4-9-29)27-21(16)25-15-20(30)24-7-12-28-10-5-23-6-11-28/h13-14,23H,3-12,15H2,1-2H3,(H,24,30)(H,25,26,27). The van der Waals surface area contributed by atoms with Gasteiger partial charge in [-0.15, -0.1) is 0 Å².